The van der Waals surface area contributed by atoms with Crippen LogP contribution in [0.25, 0.3) is 0 Å². The molecular weight excluding hydrogens is 248 g/mol. The third kappa shape index (κ3) is 1.87. The van der Waals surface area contributed by atoms with Gasteiger partial charge < -0.3 is 24.4 Å². The topological polar surface area (TPSA) is 68.2 Å². The van der Waals surface area contributed by atoms with Gasteiger partial charge in [-0.3, -0.25) is 0 Å². The van der Waals surface area contributed by atoms with Crippen LogP contribution in [0.15, 0.2) is 0 Å². The van der Waals surface area contributed by atoms with E-state index in [4.69, 9.17) is 14.2 Å². The van der Waals surface area contributed by atoms with Gasteiger partial charge >= 0.3 is 0 Å². The first-order chi connectivity index (χ1) is 8.33. The Balaban J connectivity index is 3.49. The Morgan fingerprint density at radius 3 is 1.74 bits per heavy atom. The van der Waals surface area contributed by atoms with Gasteiger partial charge in [-0.1, -0.05) is 0 Å². The fourth-order valence-corrected chi connectivity index (χ4v) is 3.18. The van der Waals surface area contributed by atoms with Crippen molar-refractivity contribution in [1.29, 1.82) is 0 Å². The maximum atomic E-state index is 11.0. The van der Waals surface area contributed by atoms with E-state index in [1.807, 2.05) is 6.92 Å². The molecule has 4 atom stereocenters. The fraction of sp³-hybridized carbons (Fsp3) is 1.00. The zero-order valence-corrected chi connectivity index (χ0v) is 13.3. The molecule has 114 valence electrons. The molecule has 0 bridgehead atoms. The van der Waals surface area contributed by atoms with E-state index in [1.54, 1.807) is 41.7 Å². The van der Waals surface area contributed by atoms with Crippen molar-refractivity contribution in [2.45, 2.75) is 69.5 Å². The summed E-state index contributed by atoms with van der Waals surface area (Å²) in [6, 6.07) is 0. The number of hydrogen-bond donors (Lipinski definition) is 2. The van der Waals surface area contributed by atoms with Gasteiger partial charge in [0, 0.05) is 14.2 Å². The minimum absolute atomic E-state index is 0.243. The summed E-state index contributed by atoms with van der Waals surface area (Å²) in [5.41, 5.74) is -6.00. The molecule has 4 unspecified atom stereocenters. The molecule has 1 saturated heterocycles. The molecule has 0 aliphatic carbocycles. The summed E-state index contributed by atoms with van der Waals surface area (Å²) in [5.74, 6) is 0. The molecule has 0 radical (unpaired) electrons. The normalized spacial score (nSPS) is 50.2. The maximum Gasteiger partial charge on any atom is 0.127 e. The van der Waals surface area contributed by atoms with Gasteiger partial charge in [-0.15, -0.1) is 0 Å². The monoisotopic (exact) mass is 276 g/mol. The summed E-state index contributed by atoms with van der Waals surface area (Å²) >= 11 is 0. The molecule has 0 amide bonds. The molecular formula is C14H28O5. The van der Waals surface area contributed by atoms with Crippen molar-refractivity contribution < 1.29 is 24.4 Å². The average molecular weight is 276 g/mol. The molecule has 1 heterocycles. The minimum atomic E-state index is -1.52. The predicted molar refractivity (Wildman–Crippen MR) is 72.1 cm³/mol. The van der Waals surface area contributed by atoms with E-state index in [0.717, 1.165) is 0 Å². The molecule has 0 aromatic carbocycles. The highest BCUT2D eigenvalue weighted by Gasteiger charge is 2.73. The molecule has 0 spiro atoms. The number of ether oxygens (including phenoxy) is 3. The second-order valence-electron chi connectivity index (χ2n) is 6.66. The zero-order valence-electron chi connectivity index (χ0n) is 13.3. The number of hydrogen-bond acceptors (Lipinski definition) is 5. The van der Waals surface area contributed by atoms with E-state index in [9.17, 15) is 10.2 Å². The van der Waals surface area contributed by atoms with E-state index < -0.39 is 28.0 Å². The molecule has 1 fully saturated rings. The van der Waals surface area contributed by atoms with Crippen molar-refractivity contribution in [3.8, 4) is 0 Å². The van der Waals surface area contributed by atoms with E-state index in [1.165, 1.54) is 7.11 Å². The van der Waals surface area contributed by atoms with Crippen LogP contribution in [-0.4, -0.2) is 59.0 Å². The van der Waals surface area contributed by atoms with Gasteiger partial charge in [-0.05, 0) is 41.5 Å². The lowest BCUT2D eigenvalue weighted by Crippen LogP contribution is -2.84. The highest BCUT2D eigenvalue weighted by molar-refractivity contribution is 5.23. The Labute approximate surface area is 115 Å². The van der Waals surface area contributed by atoms with E-state index in [0.29, 0.717) is 0 Å². The molecule has 0 saturated carbocycles. The second-order valence-corrected chi connectivity index (χ2v) is 6.66. The molecule has 19 heavy (non-hydrogen) atoms. The SMILES string of the molecule is COCC1(C)OC(C)(C)C(C)(O)C(C)(O)C1(C)OC. The quantitative estimate of drug-likeness (QED) is 0.808. The third-order valence-corrected chi connectivity index (χ3v) is 5.37. The van der Waals surface area contributed by atoms with Gasteiger partial charge in [0.1, 0.15) is 22.4 Å². The summed E-state index contributed by atoms with van der Waals surface area (Å²) in [6.07, 6.45) is 0. The van der Waals surface area contributed by atoms with Gasteiger partial charge in [0.2, 0.25) is 0 Å². The maximum absolute atomic E-state index is 11.0. The molecule has 1 aliphatic rings. The highest BCUT2D eigenvalue weighted by atomic mass is 16.6. The number of methoxy groups -OCH3 is 2. The van der Waals surface area contributed by atoms with Crippen LogP contribution < -0.4 is 0 Å². The van der Waals surface area contributed by atoms with Crippen LogP contribution in [-0.2, 0) is 14.2 Å². The first kappa shape index (κ1) is 16.9. The van der Waals surface area contributed by atoms with E-state index in [-0.39, 0.29) is 6.61 Å². The molecule has 0 aromatic heterocycles. The highest BCUT2D eigenvalue weighted by Crippen LogP contribution is 2.54. The third-order valence-electron chi connectivity index (χ3n) is 5.37. The largest absolute Gasteiger partial charge is 0.384 e. The smallest absolute Gasteiger partial charge is 0.127 e. The minimum Gasteiger partial charge on any atom is -0.384 e. The molecule has 2 N–H and O–H groups in total. The van der Waals surface area contributed by atoms with Crippen LogP contribution in [0.4, 0.5) is 0 Å². The van der Waals surface area contributed by atoms with Crippen LogP contribution in [0.1, 0.15) is 41.5 Å². The van der Waals surface area contributed by atoms with Crippen molar-refractivity contribution >= 4 is 0 Å². The van der Waals surface area contributed by atoms with Crippen LogP contribution in [0.2, 0.25) is 0 Å². The number of rotatable bonds is 3. The molecule has 5 heteroatoms. The summed E-state index contributed by atoms with van der Waals surface area (Å²) in [6.45, 7) is 10.5. The number of aliphatic hydroxyl groups is 2. The van der Waals surface area contributed by atoms with Crippen molar-refractivity contribution in [1.82, 2.24) is 0 Å². The summed E-state index contributed by atoms with van der Waals surface area (Å²) in [4.78, 5) is 0. The Morgan fingerprint density at radius 2 is 1.37 bits per heavy atom. The van der Waals surface area contributed by atoms with Gasteiger partial charge in [0.15, 0.2) is 0 Å². The van der Waals surface area contributed by atoms with Crippen LogP contribution in [0.5, 0.6) is 0 Å². The Kier molecular flexibility index (Phi) is 3.90. The summed E-state index contributed by atoms with van der Waals surface area (Å²) in [5, 5.41) is 21.8. The summed E-state index contributed by atoms with van der Waals surface area (Å²) < 4.78 is 16.9. The van der Waals surface area contributed by atoms with Crippen molar-refractivity contribution in [3.63, 3.8) is 0 Å². The fourth-order valence-electron chi connectivity index (χ4n) is 3.18. The standard InChI is InChI=1S/C14H28O5/c1-10(2)12(4,15)13(5,16)14(6,18-8)11(3,19-10)9-17-7/h15-16H,9H2,1-8H3. The predicted octanol–water partition coefficient (Wildman–Crippen LogP) is 1.11. The van der Waals surface area contributed by atoms with E-state index in [2.05, 4.69) is 0 Å². The Hall–Kier alpha value is -0.200. The molecule has 1 rings (SSSR count). The first-order valence-electron chi connectivity index (χ1n) is 6.52. The zero-order chi connectivity index (χ0) is 15.3. The molecule has 0 aromatic rings. The lowest BCUT2D eigenvalue weighted by Gasteiger charge is -2.66. The van der Waals surface area contributed by atoms with Crippen molar-refractivity contribution in [2.24, 2.45) is 0 Å². The van der Waals surface area contributed by atoms with E-state index >= 15 is 0 Å². The first-order valence-corrected chi connectivity index (χ1v) is 6.52. The summed E-state index contributed by atoms with van der Waals surface area (Å²) in [7, 11) is 3.07. The molecule has 1 aliphatic heterocycles. The lowest BCUT2D eigenvalue weighted by molar-refractivity contribution is -0.403. The van der Waals surface area contributed by atoms with Crippen LogP contribution in [0, 0.1) is 0 Å². The second kappa shape index (κ2) is 4.40. The van der Waals surface area contributed by atoms with Crippen LogP contribution in [0.3, 0.4) is 0 Å². The molecule has 5 nitrogen and oxygen atoms in total. The Morgan fingerprint density at radius 1 is 0.895 bits per heavy atom. The van der Waals surface area contributed by atoms with Crippen molar-refractivity contribution in [2.75, 3.05) is 20.8 Å². The van der Waals surface area contributed by atoms with Gasteiger partial charge in [-0.2, -0.15) is 0 Å². The Bertz CT molecular complexity index is 350. The van der Waals surface area contributed by atoms with Gasteiger partial charge in [-0.25, -0.2) is 0 Å². The van der Waals surface area contributed by atoms with Crippen LogP contribution >= 0.6 is 0 Å². The lowest BCUT2D eigenvalue weighted by atomic mass is 9.58. The van der Waals surface area contributed by atoms with Gasteiger partial charge in [0.05, 0.1) is 12.2 Å². The average Bonchev–Trinajstić information content (AvgIpc) is 2.25. The van der Waals surface area contributed by atoms with Crippen molar-refractivity contribution in [3.05, 3.63) is 0 Å². The van der Waals surface area contributed by atoms with Gasteiger partial charge in [0.25, 0.3) is 0 Å².